The fraction of sp³-hybridized carbons (Fsp3) is 0.0769. The fourth-order valence-corrected chi connectivity index (χ4v) is 1.72. The molecule has 1 aromatic carbocycles. The van der Waals surface area contributed by atoms with Gasteiger partial charge in [-0.25, -0.2) is 4.68 Å². The highest BCUT2D eigenvalue weighted by molar-refractivity contribution is 5.55. The van der Waals surface area contributed by atoms with Crippen molar-refractivity contribution >= 4 is 0 Å². The topological polar surface area (TPSA) is 69.9 Å². The fourth-order valence-electron chi connectivity index (χ4n) is 1.72. The first kappa shape index (κ1) is 10.7. The molecule has 90 valence electrons. The van der Waals surface area contributed by atoms with Crippen LogP contribution in [0.4, 0.5) is 0 Å². The molecule has 5 heteroatoms. The summed E-state index contributed by atoms with van der Waals surface area (Å²) in [5.74, 6) is 0.678. The molecule has 2 heterocycles. The lowest BCUT2D eigenvalue weighted by Crippen LogP contribution is -1.94. The van der Waals surface area contributed by atoms with Crippen LogP contribution in [0.25, 0.3) is 17.0 Å². The largest absolute Gasteiger partial charge is 0.356 e. The number of aromatic nitrogens is 3. The van der Waals surface area contributed by atoms with E-state index in [1.807, 2.05) is 42.6 Å². The van der Waals surface area contributed by atoms with E-state index >= 15 is 0 Å². The average Bonchev–Trinajstić information content (AvgIpc) is 3.08. The van der Waals surface area contributed by atoms with Gasteiger partial charge in [0.25, 0.3) is 0 Å². The van der Waals surface area contributed by atoms with E-state index < -0.39 is 0 Å². The first-order chi connectivity index (χ1) is 8.86. The number of nitrogens with two attached hydrogens (primary N) is 1. The summed E-state index contributed by atoms with van der Waals surface area (Å²) in [4.78, 5) is 0. The summed E-state index contributed by atoms with van der Waals surface area (Å²) < 4.78 is 7.00. The van der Waals surface area contributed by atoms with Crippen molar-refractivity contribution in [2.75, 3.05) is 0 Å². The van der Waals surface area contributed by atoms with Crippen molar-refractivity contribution in [2.45, 2.75) is 6.54 Å². The third kappa shape index (κ3) is 1.91. The highest BCUT2D eigenvalue weighted by atomic mass is 16.5. The lowest BCUT2D eigenvalue weighted by atomic mass is 10.2. The maximum atomic E-state index is 5.49. The third-order valence-corrected chi connectivity index (χ3v) is 2.66. The Hall–Kier alpha value is -2.40. The van der Waals surface area contributed by atoms with Crippen LogP contribution in [0.15, 0.2) is 53.3 Å². The predicted molar refractivity (Wildman–Crippen MR) is 67.0 cm³/mol. The van der Waals surface area contributed by atoms with Gasteiger partial charge in [0.15, 0.2) is 5.76 Å². The number of hydrogen-bond donors (Lipinski definition) is 1. The summed E-state index contributed by atoms with van der Waals surface area (Å²) in [5, 5.41) is 8.15. The van der Waals surface area contributed by atoms with Gasteiger partial charge in [0.05, 0.1) is 23.1 Å². The molecule has 0 unspecified atom stereocenters. The smallest absolute Gasteiger partial charge is 0.170 e. The zero-order valence-corrected chi connectivity index (χ0v) is 9.65. The van der Waals surface area contributed by atoms with E-state index in [-0.39, 0.29) is 0 Å². The van der Waals surface area contributed by atoms with Gasteiger partial charge in [-0.05, 0) is 12.1 Å². The Bertz CT molecular complexity index is 642. The third-order valence-electron chi connectivity index (χ3n) is 2.66. The standard InChI is InChI=1S/C13H12N4O/c14-7-11-6-13(18-16-11)10-8-15-17(9-10)12-4-2-1-3-5-12/h1-6,8-9H,7,14H2. The maximum absolute atomic E-state index is 5.49. The van der Waals surface area contributed by atoms with Gasteiger partial charge < -0.3 is 10.3 Å². The lowest BCUT2D eigenvalue weighted by Gasteiger charge is -1.98. The van der Waals surface area contributed by atoms with Gasteiger partial charge in [0, 0.05) is 18.8 Å². The zero-order chi connectivity index (χ0) is 12.4. The highest BCUT2D eigenvalue weighted by Crippen LogP contribution is 2.20. The van der Waals surface area contributed by atoms with Crippen LogP contribution in [-0.2, 0) is 6.54 Å². The van der Waals surface area contributed by atoms with Crippen molar-refractivity contribution in [1.82, 2.24) is 14.9 Å². The molecule has 0 saturated carbocycles. The zero-order valence-electron chi connectivity index (χ0n) is 9.65. The van der Waals surface area contributed by atoms with E-state index in [2.05, 4.69) is 10.3 Å². The molecule has 0 atom stereocenters. The number of para-hydroxylation sites is 1. The molecule has 0 bridgehead atoms. The molecule has 0 aliphatic rings. The quantitative estimate of drug-likeness (QED) is 0.760. The van der Waals surface area contributed by atoms with Gasteiger partial charge >= 0.3 is 0 Å². The SMILES string of the molecule is NCc1cc(-c2cnn(-c3ccccc3)c2)on1. The van der Waals surface area contributed by atoms with Crippen molar-refractivity contribution in [2.24, 2.45) is 5.73 Å². The van der Waals surface area contributed by atoms with Crippen molar-refractivity contribution in [3.8, 4) is 17.0 Å². The van der Waals surface area contributed by atoms with Gasteiger partial charge in [0.1, 0.15) is 0 Å². The normalized spacial score (nSPS) is 10.7. The predicted octanol–water partition coefficient (Wildman–Crippen LogP) is 1.99. The number of nitrogens with zero attached hydrogens (tertiary/aromatic N) is 3. The number of hydrogen-bond acceptors (Lipinski definition) is 4. The minimum atomic E-state index is 0.371. The summed E-state index contributed by atoms with van der Waals surface area (Å²) in [5.41, 5.74) is 8.11. The average molecular weight is 240 g/mol. The second-order valence-electron chi connectivity index (χ2n) is 3.90. The van der Waals surface area contributed by atoms with Crippen molar-refractivity contribution in [3.63, 3.8) is 0 Å². The summed E-state index contributed by atoms with van der Waals surface area (Å²) >= 11 is 0. The molecule has 3 rings (SSSR count). The Kier molecular flexibility index (Phi) is 2.66. The first-order valence-electron chi connectivity index (χ1n) is 5.63. The summed E-state index contributed by atoms with van der Waals surface area (Å²) in [6.07, 6.45) is 3.64. The van der Waals surface area contributed by atoms with Gasteiger partial charge in [-0.3, -0.25) is 0 Å². The molecule has 0 fully saturated rings. The van der Waals surface area contributed by atoms with Gasteiger partial charge in [0.2, 0.25) is 0 Å². The molecule has 0 amide bonds. The van der Waals surface area contributed by atoms with Gasteiger partial charge in [-0.2, -0.15) is 5.10 Å². The van der Waals surface area contributed by atoms with E-state index in [1.54, 1.807) is 10.9 Å². The van der Waals surface area contributed by atoms with Crippen LogP contribution in [0, 0.1) is 0 Å². The molecule has 5 nitrogen and oxygen atoms in total. The molecule has 2 aromatic heterocycles. The van der Waals surface area contributed by atoms with Crippen LogP contribution >= 0.6 is 0 Å². The van der Waals surface area contributed by atoms with Gasteiger partial charge in [-0.15, -0.1) is 0 Å². The van der Waals surface area contributed by atoms with Crippen LogP contribution in [-0.4, -0.2) is 14.9 Å². The summed E-state index contributed by atoms with van der Waals surface area (Å²) in [6.45, 7) is 0.371. The van der Waals surface area contributed by atoms with Gasteiger partial charge in [-0.1, -0.05) is 23.4 Å². The highest BCUT2D eigenvalue weighted by Gasteiger charge is 2.08. The minimum Gasteiger partial charge on any atom is -0.356 e. The molecule has 3 aromatic rings. The molecule has 0 aliphatic carbocycles. The van der Waals surface area contributed by atoms with Crippen molar-refractivity contribution in [3.05, 3.63) is 54.5 Å². The van der Waals surface area contributed by atoms with Crippen molar-refractivity contribution < 1.29 is 4.52 Å². The van der Waals surface area contributed by atoms with E-state index in [1.165, 1.54) is 0 Å². The summed E-state index contributed by atoms with van der Waals surface area (Å²) in [7, 11) is 0. The Morgan fingerprint density at radius 2 is 2.06 bits per heavy atom. The first-order valence-corrected chi connectivity index (χ1v) is 5.63. The molecular formula is C13H12N4O. The molecule has 0 radical (unpaired) electrons. The maximum Gasteiger partial charge on any atom is 0.170 e. The molecule has 2 N–H and O–H groups in total. The molecule has 0 spiro atoms. The van der Waals surface area contributed by atoms with Crippen LogP contribution < -0.4 is 5.73 Å². The van der Waals surface area contributed by atoms with Crippen LogP contribution in [0.2, 0.25) is 0 Å². The second-order valence-corrected chi connectivity index (χ2v) is 3.90. The van der Waals surface area contributed by atoms with E-state index in [0.717, 1.165) is 16.9 Å². The Balaban J connectivity index is 1.94. The second kappa shape index (κ2) is 4.46. The van der Waals surface area contributed by atoms with Crippen LogP contribution in [0.3, 0.4) is 0 Å². The van der Waals surface area contributed by atoms with Crippen LogP contribution in [0.5, 0.6) is 0 Å². The monoisotopic (exact) mass is 240 g/mol. The minimum absolute atomic E-state index is 0.371. The van der Waals surface area contributed by atoms with E-state index in [0.29, 0.717) is 12.3 Å². The summed E-state index contributed by atoms with van der Waals surface area (Å²) in [6, 6.07) is 11.7. The Labute approximate surface area is 104 Å². The lowest BCUT2D eigenvalue weighted by molar-refractivity contribution is 0.424. The van der Waals surface area contributed by atoms with E-state index in [4.69, 9.17) is 10.3 Å². The molecule has 18 heavy (non-hydrogen) atoms. The Morgan fingerprint density at radius 3 is 2.78 bits per heavy atom. The molecule has 0 saturated heterocycles. The molecular weight excluding hydrogens is 228 g/mol. The van der Waals surface area contributed by atoms with E-state index in [9.17, 15) is 0 Å². The number of rotatable bonds is 3. The number of benzene rings is 1. The molecule has 0 aliphatic heterocycles. The van der Waals surface area contributed by atoms with Crippen molar-refractivity contribution in [1.29, 1.82) is 0 Å². The van der Waals surface area contributed by atoms with Crippen LogP contribution in [0.1, 0.15) is 5.69 Å². The Morgan fingerprint density at radius 1 is 1.22 bits per heavy atom.